The SMILES string of the molecule is c1ccc(CN2CCCC(Cn3cc(-c4ccsc4)nn3)C2)nc1. The average molecular weight is 339 g/mol. The maximum absolute atomic E-state index is 4.45. The predicted molar refractivity (Wildman–Crippen MR) is 95.6 cm³/mol. The lowest BCUT2D eigenvalue weighted by atomic mass is 9.98. The minimum atomic E-state index is 0.625. The van der Waals surface area contributed by atoms with E-state index in [9.17, 15) is 0 Å². The molecule has 0 bridgehead atoms. The minimum absolute atomic E-state index is 0.625. The van der Waals surface area contributed by atoms with Crippen molar-refractivity contribution in [1.82, 2.24) is 24.9 Å². The van der Waals surface area contributed by atoms with Gasteiger partial charge < -0.3 is 0 Å². The number of piperidine rings is 1. The van der Waals surface area contributed by atoms with Crippen molar-refractivity contribution in [3.63, 3.8) is 0 Å². The number of aromatic nitrogens is 4. The van der Waals surface area contributed by atoms with Crippen LogP contribution in [0.5, 0.6) is 0 Å². The normalized spacial score (nSPS) is 18.8. The summed E-state index contributed by atoms with van der Waals surface area (Å²) < 4.78 is 2.00. The number of nitrogens with zero attached hydrogens (tertiary/aromatic N) is 5. The standard InChI is InChI=1S/C18H21N5S/c1-2-7-19-17(5-1)12-22-8-3-4-15(10-22)11-23-13-18(20-21-23)16-6-9-24-14-16/h1-2,5-7,9,13-15H,3-4,8,10-12H2. The molecule has 1 aliphatic rings. The van der Waals surface area contributed by atoms with Crippen LogP contribution in [0.1, 0.15) is 18.5 Å². The van der Waals surface area contributed by atoms with E-state index in [1.54, 1.807) is 11.3 Å². The number of hydrogen-bond donors (Lipinski definition) is 0. The maximum Gasteiger partial charge on any atom is 0.113 e. The van der Waals surface area contributed by atoms with E-state index < -0.39 is 0 Å². The van der Waals surface area contributed by atoms with Crippen LogP contribution in [0.2, 0.25) is 0 Å². The largest absolute Gasteiger partial charge is 0.297 e. The summed E-state index contributed by atoms with van der Waals surface area (Å²) in [5.74, 6) is 0.625. The predicted octanol–water partition coefficient (Wildman–Crippen LogP) is 3.31. The molecule has 1 fully saturated rings. The van der Waals surface area contributed by atoms with Crippen molar-refractivity contribution >= 4 is 11.3 Å². The molecule has 5 nitrogen and oxygen atoms in total. The van der Waals surface area contributed by atoms with Crippen LogP contribution in [0.3, 0.4) is 0 Å². The van der Waals surface area contributed by atoms with E-state index in [0.717, 1.165) is 43.1 Å². The Labute approximate surface area is 146 Å². The molecule has 0 aromatic carbocycles. The zero-order chi connectivity index (χ0) is 16.2. The quantitative estimate of drug-likeness (QED) is 0.715. The van der Waals surface area contributed by atoms with Crippen molar-refractivity contribution < 1.29 is 0 Å². The lowest BCUT2D eigenvalue weighted by Gasteiger charge is -2.32. The Morgan fingerprint density at radius 2 is 2.25 bits per heavy atom. The minimum Gasteiger partial charge on any atom is -0.297 e. The Balaban J connectivity index is 1.36. The van der Waals surface area contributed by atoms with Crippen LogP contribution in [0.4, 0.5) is 0 Å². The Bertz CT molecular complexity index is 753. The molecular weight excluding hydrogens is 318 g/mol. The van der Waals surface area contributed by atoms with Crippen LogP contribution in [0, 0.1) is 5.92 Å². The van der Waals surface area contributed by atoms with Crippen LogP contribution in [0.15, 0.2) is 47.4 Å². The summed E-state index contributed by atoms with van der Waals surface area (Å²) in [6, 6.07) is 8.23. The molecule has 1 unspecified atom stereocenters. The van der Waals surface area contributed by atoms with Gasteiger partial charge in [-0.15, -0.1) is 5.10 Å². The summed E-state index contributed by atoms with van der Waals surface area (Å²) in [7, 11) is 0. The van der Waals surface area contributed by atoms with E-state index in [4.69, 9.17) is 0 Å². The summed E-state index contributed by atoms with van der Waals surface area (Å²) >= 11 is 1.69. The zero-order valence-electron chi connectivity index (χ0n) is 13.6. The van der Waals surface area contributed by atoms with Crippen molar-refractivity contribution in [2.75, 3.05) is 13.1 Å². The Morgan fingerprint density at radius 1 is 1.25 bits per heavy atom. The summed E-state index contributed by atoms with van der Waals surface area (Å²) in [4.78, 5) is 6.95. The molecule has 4 rings (SSSR count). The molecule has 6 heteroatoms. The first-order chi connectivity index (χ1) is 11.9. The Morgan fingerprint density at radius 3 is 3.08 bits per heavy atom. The van der Waals surface area contributed by atoms with Crippen molar-refractivity contribution in [2.45, 2.75) is 25.9 Å². The van der Waals surface area contributed by atoms with Crippen molar-refractivity contribution in [1.29, 1.82) is 0 Å². The van der Waals surface area contributed by atoms with Gasteiger partial charge in [-0.05, 0) is 48.9 Å². The monoisotopic (exact) mass is 339 g/mol. The molecule has 3 aromatic rings. The van der Waals surface area contributed by atoms with Crippen LogP contribution in [-0.2, 0) is 13.1 Å². The summed E-state index contributed by atoms with van der Waals surface area (Å²) in [6.07, 6.45) is 6.44. The third kappa shape index (κ3) is 3.71. The molecule has 0 saturated carbocycles. The van der Waals surface area contributed by atoms with Crippen molar-refractivity contribution in [3.8, 4) is 11.3 Å². The van der Waals surface area contributed by atoms with E-state index in [1.807, 2.05) is 16.9 Å². The Hall–Kier alpha value is -2.05. The second-order valence-electron chi connectivity index (χ2n) is 6.40. The molecule has 124 valence electrons. The van der Waals surface area contributed by atoms with Gasteiger partial charge in [-0.25, -0.2) is 0 Å². The molecule has 3 aromatic heterocycles. The van der Waals surface area contributed by atoms with Crippen LogP contribution in [0.25, 0.3) is 11.3 Å². The van der Waals surface area contributed by atoms with Gasteiger partial charge >= 0.3 is 0 Å². The fourth-order valence-electron chi connectivity index (χ4n) is 3.36. The van der Waals surface area contributed by atoms with Gasteiger partial charge in [0, 0.05) is 36.8 Å². The molecule has 0 N–H and O–H groups in total. The summed E-state index contributed by atoms with van der Waals surface area (Å²) in [5.41, 5.74) is 3.28. The first-order valence-corrected chi connectivity index (χ1v) is 9.36. The van der Waals surface area contributed by atoms with Gasteiger partial charge in [0.2, 0.25) is 0 Å². The van der Waals surface area contributed by atoms with Gasteiger partial charge in [-0.1, -0.05) is 11.3 Å². The third-order valence-corrected chi connectivity index (χ3v) is 5.20. The smallest absolute Gasteiger partial charge is 0.113 e. The highest BCUT2D eigenvalue weighted by atomic mass is 32.1. The number of rotatable bonds is 5. The summed E-state index contributed by atoms with van der Waals surface area (Å²) in [6.45, 7) is 4.14. The molecule has 1 saturated heterocycles. The van der Waals surface area contributed by atoms with Crippen LogP contribution >= 0.6 is 11.3 Å². The molecule has 24 heavy (non-hydrogen) atoms. The van der Waals surface area contributed by atoms with Crippen LogP contribution in [-0.4, -0.2) is 38.0 Å². The first kappa shape index (κ1) is 15.5. The zero-order valence-corrected chi connectivity index (χ0v) is 14.4. The van der Waals surface area contributed by atoms with E-state index in [2.05, 4.69) is 55.4 Å². The molecule has 0 radical (unpaired) electrons. The van der Waals surface area contributed by atoms with Crippen molar-refractivity contribution in [3.05, 3.63) is 53.1 Å². The van der Waals surface area contributed by atoms with E-state index in [-0.39, 0.29) is 0 Å². The van der Waals surface area contributed by atoms with Crippen molar-refractivity contribution in [2.24, 2.45) is 5.92 Å². The highest BCUT2D eigenvalue weighted by Crippen LogP contribution is 2.22. The first-order valence-electron chi connectivity index (χ1n) is 8.42. The van der Waals surface area contributed by atoms with E-state index >= 15 is 0 Å². The van der Waals surface area contributed by atoms with Gasteiger partial charge in [0.25, 0.3) is 0 Å². The number of hydrogen-bond acceptors (Lipinski definition) is 5. The Kier molecular flexibility index (Phi) is 4.66. The molecular formula is C18H21N5S. The van der Waals surface area contributed by atoms with Gasteiger partial charge in [-0.2, -0.15) is 11.3 Å². The highest BCUT2D eigenvalue weighted by molar-refractivity contribution is 7.08. The topological polar surface area (TPSA) is 46.8 Å². The maximum atomic E-state index is 4.45. The number of pyridine rings is 1. The van der Waals surface area contributed by atoms with Gasteiger partial charge in [0.1, 0.15) is 5.69 Å². The molecule has 0 aliphatic carbocycles. The van der Waals surface area contributed by atoms with Gasteiger partial charge in [0.15, 0.2) is 0 Å². The third-order valence-electron chi connectivity index (χ3n) is 4.52. The van der Waals surface area contributed by atoms with E-state index in [0.29, 0.717) is 5.92 Å². The van der Waals surface area contributed by atoms with Gasteiger partial charge in [0.05, 0.1) is 11.9 Å². The fraction of sp³-hybridized carbons (Fsp3) is 0.389. The fourth-order valence-corrected chi connectivity index (χ4v) is 4.01. The average Bonchev–Trinajstić information content (AvgIpc) is 3.27. The molecule has 1 atom stereocenters. The second kappa shape index (κ2) is 7.23. The lowest BCUT2D eigenvalue weighted by molar-refractivity contribution is 0.151. The lowest BCUT2D eigenvalue weighted by Crippen LogP contribution is -2.36. The molecule has 0 spiro atoms. The number of thiophene rings is 1. The molecule has 1 aliphatic heterocycles. The summed E-state index contributed by atoms with van der Waals surface area (Å²) in [5, 5.41) is 12.8. The highest BCUT2D eigenvalue weighted by Gasteiger charge is 2.21. The van der Waals surface area contributed by atoms with Crippen LogP contribution < -0.4 is 0 Å². The number of likely N-dealkylation sites (tertiary alicyclic amines) is 1. The second-order valence-corrected chi connectivity index (χ2v) is 7.18. The van der Waals surface area contributed by atoms with E-state index in [1.165, 1.54) is 12.8 Å². The molecule has 4 heterocycles. The van der Waals surface area contributed by atoms with Gasteiger partial charge in [-0.3, -0.25) is 14.6 Å². The molecule has 0 amide bonds.